The lowest BCUT2D eigenvalue weighted by Gasteiger charge is -2.34. The first-order chi connectivity index (χ1) is 5.76. The standard InChI is InChI=1S/C9H19NO2/c1-2-9(12)10-5-7-3-8(4-7)6-11/h7-12H,2-6H2,1H3. The Labute approximate surface area is 73.8 Å². The van der Waals surface area contributed by atoms with Crippen LogP contribution in [0.4, 0.5) is 0 Å². The predicted octanol–water partition coefficient (Wildman–Crippen LogP) is 0.323. The lowest BCUT2D eigenvalue weighted by atomic mass is 9.75. The lowest BCUT2D eigenvalue weighted by molar-refractivity contribution is 0.0794. The highest BCUT2D eigenvalue weighted by Gasteiger charge is 2.27. The van der Waals surface area contributed by atoms with E-state index in [1.165, 1.54) is 0 Å². The highest BCUT2D eigenvalue weighted by Crippen LogP contribution is 2.32. The van der Waals surface area contributed by atoms with Crippen molar-refractivity contribution in [1.29, 1.82) is 0 Å². The fourth-order valence-corrected chi connectivity index (χ4v) is 1.64. The van der Waals surface area contributed by atoms with Crippen molar-refractivity contribution in [2.45, 2.75) is 32.4 Å². The van der Waals surface area contributed by atoms with Crippen molar-refractivity contribution < 1.29 is 10.2 Å². The minimum Gasteiger partial charge on any atom is -0.396 e. The number of aliphatic hydroxyl groups is 2. The number of hydrogen-bond donors (Lipinski definition) is 3. The Morgan fingerprint density at radius 1 is 1.42 bits per heavy atom. The van der Waals surface area contributed by atoms with Gasteiger partial charge >= 0.3 is 0 Å². The van der Waals surface area contributed by atoms with Gasteiger partial charge in [-0.3, -0.25) is 5.32 Å². The van der Waals surface area contributed by atoms with E-state index in [0.717, 1.165) is 25.8 Å². The van der Waals surface area contributed by atoms with E-state index in [1.54, 1.807) is 0 Å². The SMILES string of the molecule is CCC(O)NCC1CC(CO)C1. The third-order valence-electron chi connectivity index (χ3n) is 2.62. The van der Waals surface area contributed by atoms with E-state index in [2.05, 4.69) is 5.32 Å². The van der Waals surface area contributed by atoms with Gasteiger partial charge in [0.2, 0.25) is 0 Å². The summed E-state index contributed by atoms with van der Waals surface area (Å²) in [5, 5.41) is 21.0. The molecule has 0 aromatic heterocycles. The third kappa shape index (κ3) is 2.73. The number of aliphatic hydroxyl groups excluding tert-OH is 2. The van der Waals surface area contributed by atoms with Crippen LogP contribution >= 0.6 is 0 Å². The van der Waals surface area contributed by atoms with Gasteiger partial charge in [-0.25, -0.2) is 0 Å². The van der Waals surface area contributed by atoms with Crippen molar-refractivity contribution in [2.75, 3.05) is 13.2 Å². The second kappa shape index (κ2) is 4.80. The van der Waals surface area contributed by atoms with Crippen LogP contribution in [0.5, 0.6) is 0 Å². The van der Waals surface area contributed by atoms with E-state index in [1.807, 2.05) is 6.92 Å². The first kappa shape index (κ1) is 9.96. The van der Waals surface area contributed by atoms with Crippen molar-refractivity contribution in [3.8, 4) is 0 Å². The molecule has 1 fully saturated rings. The maximum atomic E-state index is 9.19. The minimum absolute atomic E-state index is 0.326. The summed E-state index contributed by atoms with van der Waals surface area (Å²) >= 11 is 0. The minimum atomic E-state index is -0.349. The molecule has 0 radical (unpaired) electrons. The fourth-order valence-electron chi connectivity index (χ4n) is 1.64. The molecule has 0 amide bonds. The van der Waals surface area contributed by atoms with Gasteiger partial charge in [-0.1, -0.05) is 6.92 Å². The van der Waals surface area contributed by atoms with Gasteiger partial charge in [0.05, 0.1) is 0 Å². The first-order valence-electron chi connectivity index (χ1n) is 4.78. The van der Waals surface area contributed by atoms with Crippen molar-refractivity contribution >= 4 is 0 Å². The molecule has 1 atom stereocenters. The third-order valence-corrected chi connectivity index (χ3v) is 2.62. The molecule has 12 heavy (non-hydrogen) atoms. The quantitative estimate of drug-likeness (QED) is 0.525. The number of hydrogen-bond acceptors (Lipinski definition) is 3. The predicted molar refractivity (Wildman–Crippen MR) is 47.6 cm³/mol. The Bertz CT molecular complexity index is 124. The van der Waals surface area contributed by atoms with E-state index in [4.69, 9.17) is 5.11 Å². The zero-order valence-corrected chi connectivity index (χ0v) is 7.66. The van der Waals surface area contributed by atoms with Gasteiger partial charge in [-0.2, -0.15) is 0 Å². The molecule has 0 spiro atoms. The Morgan fingerprint density at radius 3 is 2.58 bits per heavy atom. The highest BCUT2D eigenvalue weighted by atomic mass is 16.3. The normalized spacial score (nSPS) is 31.2. The molecular weight excluding hydrogens is 154 g/mol. The summed E-state index contributed by atoms with van der Waals surface area (Å²) in [6, 6.07) is 0. The van der Waals surface area contributed by atoms with E-state index >= 15 is 0 Å². The maximum absolute atomic E-state index is 9.19. The zero-order valence-electron chi connectivity index (χ0n) is 7.66. The largest absolute Gasteiger partial charge is 0.396 e. The fraction of sp³-hybridized carbons (Fsp3) is 1.00. The molecule has 1 unspecified atom stereocenters. The summed E-state index contributed by atoms with van der Waals surface area (Å²) in [6.07, 6.45) is 2.63. The average Bonchev–Trinajstić information content (AvgIpc) is 2.01. The molecule has 0 heterocycles. The Kier molecular flexibility index (Phi) is 3.98. The molecule has 0 aromatic rings. The Balaban J connectivity index is 1.96. The molecule has 0 aromatic carbocycles. The monoisotopic (exact) mass is 173 g/mol. The van der Waals surface area contributed by atoms with Crippen LogP contribution in [0.2, 0.25) is 0 Å². The average molecular weight is 173 g/mol. The molecule has 3 nitrogen and oxygen atoms in total. The topological polar surface area (TPSA) is 52.5 Å². The molecule has 3 heteroatoms. The van der Waals surface area contributed by atoms with Crippen LogP contribution in [-0.2, 0) is 0 Å². The second-order valence-electron chi connectivity index (χ2n) is 3.72. The molecule has 72 valence electrons. The number of nitrogens with one attached hydrogen (secondary N) is 1. The van der Waals surface area contributed by atoms with E-state index in [0.29, 0.717) is 18.4 Å². The summed E-state index contributed by atoms with van der Waals surface area (Å²) in [4.78, 5) is 0. The Morgan fingerprint density at radius 2 is 2.08 bits per heavy atom. The van der Waals surface area contributed by atoms with Crippen LogP contribution in [0.3, 0.4) is 0 Å². The van der Waals surface area contributed by atoms with Gasteiger partial charge in [0.1, 0.15) is 6.23 Å². The molecule has 3 N–H and O–H groups in total. The van der Waals surface area contributed by atoms with Gasteiger partial charge in [0, 0.05) is 13.2 Å². The molecule has 0 saturated heterocycles. The van der Waals surface area contributed by atoms with Gasteiger partial charge in [-0.05, 0) is 31.1 Å². The molecule has 0 bridgehead atoms. The summed E-state index contributed by atoms with van der Waals surface area (Å²) in [6.45, 7) is 3.17. The summed E-state index contributed by atoms with van der Waals surface area (Å²) in [5.41, 5.74) is 0. The molecule has 0 aliphatic heterocycles. The maximum Gasteiger partial charge on any atom is 0.104 e. The van der Waals surface area contributed by atoms with Crippen molar-refractivity contribution in [1.82, 2.24) is 5.32 Å². The molecular formula is C9H19NO2. The summed E-state index contributed by atoms with van der Waals surface area (Å²) in [5.74, 6) is 1.19. The van der Waals surface area contributed by atoms with Crippen LogP contribution in [0, 0.1) is 11.8 Å². The second-order valence-corrected chi connectivity index (χ2v) is 3.72. The zero-order chi connectivity index (χ0) is 8.97. The molecule has 1 aliphatic carbocycles. The van der Waals surface area contributed by atoms with Gasteiger partial charge < -0.3 is 10.2 Å². The van der Waals surface area contributed by atoms with Crippen molar-refractivity contribution in [2.24, 2.45) is 11.8 Å². The molecule has 1 aliphatic rings. The molecule has 1 rings (SSSR count). The van der Waals surface area contributed by atoms with Crippen LogP contribution in [0.1, 0.15) is 26.2 Å². The van der Waals surface area contributed by atoms with Crippen LogP contribution in [0.25, 0.3) is 0 Å². The van der Waals surface area contributed by atoms with Crippen molar-refractivity contribution in [3.63, 3.8) is 0 Å². The van der Waals surface area contributed by atoms with Crippen molar-refractivity contribution in [3.05, 3.63) is 0 Å². The lowest BCUT2D eigenvalue weighted by Crippen LogP contribution is -2.38. The Hall–Kier alpha value is -0.120. The van der Waals surface area contributed by atoms with Gasteiger partial charge in [0.25, 0.3) is 0 Å². The van der Waals surface area contributed by atoms with E-state index in [9.17, 15) is 5.11 Å². The highest BCUT2D eigenvalue weighted by molar-refractivity contribution is 4.80. The smallest absolute Gasteiger partial charge is 0.104 e. The summed E-state index contributed by atoms with van der Waals surface area (Å²) in [7, 11) is 0. The van der Waals surface area contributed by atoms with Crippen LogP contribution < -0.4 is 5.32 Å². The summed E-state index contributed by atoms with van der Waals surface area (Å²) < 4.78 is 0. The van der Waals surface area contributed by atoms with Gasteiger partial charge in [-0.15, -0.1) is 0 Å². The van der Waals surface area contributed by atoms with Gasteiger partial charge in [0.15, 0.2) is 0 Å². The van der Waals surface area contributed by atoms with Crippen LogP contribution in [0.15, 0.2) is 0 Å². The first-order valence-corrected chi connectivity index (χ1v) is 4.78. The number of rotatable bonds is 5. The molecule has 1 saturated carbocycles. The van der Waals surface area contributed by atoms with E-state index in [-0.39, 0.29) is 6.23 Å². The van der Waals surface area contributed by atoms with E-state index < -0.39 is 0 Å². The van der Waals surface area contributed by atoms with Crippen LogP contribution in [-0.4, -0.2) is 29.6 Å².